The van der Waals surface area contributed by atoms with Crippen molar-refractivity contribution in [1.82, 2.24) is 10.6 Å². The van der Waals surface area contributed by atoms with Crippen LogP contribution in [0.5, 0.6) is 11.5 Å². The van der Waals surface area contributed by atoms with E-state index in [-0.39, 0.29) is 23.6 Å². The second-order valence-electron chi connectivity index (χ2n) is 7.90. The van der Waals surface area contributed by atoms with Crippen LogP contribution in [0.25, 0.3) is 0 Å². The summed E-state index contributed by atoms with van der Waals surface area (Å²) in [5.41, 5.74) is 0.886. The van der Waals surface area contributed by atoms with E-state index in [2.05, 4.69) is 31.4 Å². The van der Waals surface area contributed by atoms with E-state index in [9.17, 15) is 4.79 Å². The van der Waals surface area contributed by atoms with E-state index in [1.807, 2.05) is 45.9 Å². The molecule has 0 saturated heterocycles. The normalized spacial score (nSPS) is 12.0. The van der Waals surface area contributed by atoms with Gasteiger partial charge in [0.2, 0.25) is 0 Å². The van der Waals surface area contributed by atoms with Crippen LogP contribution in [0.4, 0.5) is 0 Å². The summed E-state index contributed by atoms with van der Waals surface area (Å²) >= 11 is 0. The molecular formula is C19H32N2O3. The molecule has 1 aromatic rings. The molecule has 0 bridgehead atoms. The Morgan fingerprint density at radius 3 is 2.21 bits per heavy atom. The molecule has 0 aliphatic carbocycles. The van der Waals surface area contributed by atoms with E-state index in [1.165, 1.54) is 0 Å². The van der Waals surface area contributed by atoms with Gasteiger partial charge in [0.15, 0.2) is 18.1 Å². The Balaban J connectivity index is 2.74. The van der Waals surface area contributed by atoms with Crippen molar-refractivity contribution in [3.05, 3.63) is 23.8 Å². The Morgan fingerprint density at radius 1 is 1.00 bits per heavy atom. The topological polar surface area (TPSA) is 59.6 Å². The Hall–Kier alpha value is -1.75. The number of nitrogens with one attached hydrogen (secondary N) is 2. The van der Waals surface area contributed by atoms with Crippen molar-refractivity contribution in [3.8, 4) is 11.5 Å². The molecule has 0 aliphatic heterocycles. The van der Waals surface area contributed by atoms with Gasteiger partial charge < -0.3 is 20.1 Å². The molecule has 5 heteroatoms. The number of hydrogen-bond donors (Lipinski definition) is 2. The van der Waals surface area contributed by atoms with Crippen molar-refractivity contribution in [2.75, 3.05) is 13.2 Å². The summed E-state index contributed by atoms with van der Waals surface area (Å²) < 4.78 is 11.3. The number of benzene rings is 1. The minimum atomic E-state index is -0.272. The van der Waals surface area contributed by atoms with E-state index in [4.69, 9.17) is 9.47 Å². The van der Waals surface area contributed by atoms with E-state index < -0.39 is 0 Å². The molecule has 1 amide bonds. The van der Waals surface area contributed by atoms with Crippen LogP contribution in [0.3, 0.4) is 0 Å². The predicted octanol–water partition coefficient (Wildman–Crippen LogP) is 3.27. The molecule has 0 heterocycles. The first kappa shape index (κ1) is 20.3. The lowest BCUT2D eigenvalue weighted by atomic mass is 10.1. The Morgan fingerprint density at radius 2 is 1.67 bits per heavy atom. The molecule has 0 aromatic heterocycles. The van der Waals surface area contributed by atoms with Gasteiger partial charge in [-0.25, -0.2) is 0 Å². The average Bonchev–Trinajstić information content (AvgIpc) is 2.42. The van der Waals surface area contributed by atoms with Gasteiger partial charge in [0.25, 0.3) is 5.91 Å². The van der Waals surface area contributed by atoms with Crippen LogP contribution >= 0.6 is 0 Å². The number of rotatable bonds is 7. The minimum Gasteiger partial charge on any atom is -0.490 e. The molecule has 136 valence electrons. The van der Waals surface area contributed by atoms with Crippen molar-refractivity contribution in [2.45, 2.75) is 66.1 Å². The highest BCUT2D eigenvalue weighted by molar-refractivity contribution is 5.78. The lowest BCUT2D eigenvalue weighted by molar-refractivity contribution is -0.124. The van der Waals surface area contributed by atoms with E-state index >= 15 is 0 Å². The quantitative estimate of drug-likeness (QED) is 0.802. The second-order valence-corrected chi connectivity index (χ2v) is 7.90. The maximum atomic E-state index is 11.9. The molecule has 0 saturated carbocycles. The van der Waals surface area contributed by atoms with Gasteiger partial charge in [0.1, 0.15) is 0 Å². The van der Waals surface area contributed by atoms with Crippen molar-refractivity contribution in [3.63, 3.8) is 0 Å². The summed E-state index contributed by atoms with van der Waals surface area (Å²) in [6, 6.07) is 5.80. The maximum absolute atomic E-state index is 11.9. The zero-order valence-corrected chi connectivity index (χ0v) is 16.1. The predicted molar refractivity (Wildman–Crippen MR) is 97.6 cm³/mol. The van der Waals surface area contributed by atoms with Crippen molar-refractivity contribution < 1.29 is 14.3 Å². The monoisotopic (exact) mass is 336 g/mol. The molecule has 0 spiro atoms. The summed E-state index contributed by atoms with van der Waals surface area (Å²) in [5.74, 6) is 1.10. The third-order valence-corrected chi connectivity index (χ3v) is 3.00. The van der Waals surface area contributed by atoms with Crippen LogP contribution in [0.1, 0.15) is 54.0 Å². The van der Waals surface area contributed by atoms with Gasteiger partial charge in [0, 0.05) is 17.6 Å². The zero-order chi connectivity index (χ0) is 18.4. The summed E-state index contributed by atoms with van der Waals surface area (Å²) in [4.78, 5) is 11.9. The van der Waals surface area contributed by atoms with Gasteiger partial charge >= 0.3 is 0 Å². The molecule has 0 aliphatic rings. The largest absolute Gasteiger partial charge is 0.490 e. The Bertz CT molecular complexity index is 543. The molecule has 2 N–H and O–H groups in total. The van der Waals surface area contributed by atoms with Gasteiger partial charge in [-0.05, 0) is 66.2 Å². The fraction of sp³-hybridized carbons (Fsp3) is 0.632. The molecular weight excluding hydrogens is 304 g/mol. The first-order valence-electron chi connectivity index (χ1n) is 8.45. The van der Waals surface area contributed by atoms with E-state index in [0.29, 0.717) is 18.1 Å². The van der Waals surface area contributed by atoms with Crippen LogP contribution in [0.2, 0.25) is 0 Å². The number of hydrogen-bond acceptors (Lipinski definition) is 4. The number of amides is 1. The lowest BCUT2D eigenvalue weighted by Gasteiger charge is -2.22. The molecule has 1 aromatic carbocycles. The molecule has 0 fully saturated rings. The fourth-order valence-electron chi connectivity index (χ4n) is 2.01. The highest BCUT2D eigenvalue weighted by Crippen LogP contribution is 2.28. The smallest absolute Gasteiger partial charge is 0.258 e. The van der Waals surface area contributed by atoms with E-state index in [0.717, 1.165) is 12.1 Å². The summed E-state index contributed by atoms with van der Waals surface area (Å²) in [6.07, 6.45) is 0. The molecule has 24 heavy (non-hydrogen) atoms. The van der Waals surface area contributed by atoms with Crippen LogP contribution in [0.15, 0.2) is 18.2 Å². The minimum absolute atomic E-state index is 0.0308. The molecule has 5 nitrogen and oxygen atoms in total. The first-order chi connectivity index (χ1) is 11.0. The van der Waals surface area contributed by atoms with Gasteiger partial charge in [-0.1, -0.05) is 6.07 Å². The van der Waals surface area contributed by atoms with Crippen LogP contribution < -0.4 is 20.1 Å². The summed E-state index contributed by atoms with van der Waals surface area (Å²) in [5, 5.41) is 6.32. The van der Waals surface area contributed by atoms with Crippen LogP contribution in [-0.2, 0) is 11.3 Å². The number of ether oxygens (including phenoxy) is 2. The molecule has 0 atom stereocenters. The SMILES string of the molecule is CCOc1cc(CNC(C)(C)C)ccc1OCC(=O)NC(C)(C)C. The van der Waals surface area contributed by atoms with Gasteiger partial charge in [0.05, 0.1) is 6.61 Å². The highest BCUT2D eigenvalue weighted by Gasteiger charge is 2.15. The lowest BCUT2D eigenvalue weighted by Crippen LogP contribution is -2.43. The van der Waals surface area contributed by atoms with Crippen molar-refractivity contribution in [2.24, 2.45) is 0 Å². The zero-order valence-electron chi connectivity index (χ0n) is 16.1. The Kier molecular flexibility index (Phi) is 7.08. The van der Waals surface area contributed by atoms with Crippen molar-refractivity contribution >= 4 is 5.91 Å². The maximum Gasteiger partial charge on any atom is 0.258 e. The Labute approximate surface area is 146 Å². The average molecular weight is 336 g/mol. The molecule has 0 unspecified atom stereocenters. The third-order valence-electron chi connectivity index (χ3n) is 3.00. The van der Waals surface area contributed by atoms with Crippen molar-refractivity contribution in [1.29, 1.82) is 0 Å². The number of carbonyl (C=O) groups excluding carboxylic acids is 1. The molecule has 0 radical (unpaired) electrons. The second kappa shape index (κ2) is 8.38. The van der Waals surface area contributed by atoms with Crippen LogP contribution in [0, 0.1) is 0 Å². The van der Waals surface area contributed by atoms with Gasteiger partial charge in [-0.15, -0.1) is 0 Å². The first-order valence-corrected chi connectivity index (χ1v) is 8.45. The van der Waals surface area contributed by atoms with Gasteiger partial charge in [-0.2, -0.15) is 0 Å². The van der Waals surface area contributed by atoms with E-state index in [1.54, 1.807) is 0 Å². The highest BCUT2D eigenvalue weighted by atomic mass is 16.5. The standard InChI is InChI=1S/C19H32N2O3/c1-8-23-16-11-14(12-20-18(2,3)4)9-10-15(16)24-13-17(22)21-19(5,6)7/h9-11,20H,8,12-13H2,1-7H3,(H,21,22). The summed E-state index contributed by atoms with van der Waals surface area (Å²) in [6.45, 7) is 15.4. The summed E-state index contributed by atoms with van der Waals surface area (Å²) in [7, 11) is 0. The third kappa shape index (κ3) is 8.20. The van der Waals surface area contributed by atoms with Crippen LogP contribution in [-0.4, -0.2) is 30.2 Å². The molecule has 1 rings (SSSR count). The number of carbonyl (C=O) groups is 1. The van der Waals surface area contributed by atoms with Gasteiger partial charge in [-0.3, -0.25) is 4.79 Å². The fourth-order valence-corrected chi connectivity index (χ4v) is 2.01.